The Bertz CT molecular complexity index is 585. The summed E-state index contributed by atoms with van der Waals surface area (Å²) in [5.41, 5.74) is 4.64. The van der Waals surface area contributed by atoms with E-state index in [1.54, 1.807) is 0 Å². The van der Waals surface area contributed by atoms with E-state index in [1.807, 2.05) is 0 Å². The zero-order valence-corrected chi connectivity index (χ0v) is 25.1. The lowest BCUT2D eigenvalue weighted by molar-refractivity contribution is -0.151. The SMILES string of the molecule is CCCCCCCCCCCCCC(=O)NONC(=O)CCCCCCCCCCCCC.O=S(=O)(O)O. The van der Waals surface area contributed by atoms with E-state index in [-0.39, 0.29) is 11.8 Å². The molecule has 0 radical (unpaired) electrons. The highest BCUT2D eigenvalue weighted by molar-refractivity contribution is 7.79. The molecule has 0 aliphatic rings. The minimum absolute atomic E-state index is 0.166. The first kappa shape index (κ1) is 38.9. The van der Waals surface area contributed by atoms with Crippen LogP contribution in [0.15, 0.2) is 0 Å². The molecule has 0 aromatic heterocycles. The Kier molecular flexibility index (Phi) is 31.0. The molecule has 0 aliphatic carbocycles. The second-order valence-electron chi connectivity index (χ2n) is 10.2. The number of hydrogen-bond acceptors (Lipinski definition) is 5. The van der Waals surface area contributed by atoms with Crippen LogP contribution in [-0.2, 0) is 24.9 Å². The Morgan fingerprint density at radius 3 is 0.947 bits per heavy atom. The van der Waals surface area contributed by atoms with Gasteiger partial charge in [-0.25, -0.2) is 11.0 Å². The minimum Gasteiger partial charge on any atom is -0.273 e. The predicted molar refractivity (Wildman–Crippen MR) is 154 cm³/mol. The van der Waals surface area contributed by atoms with Crippen LogP contribution in [0.3, 0.4) is 0 Å². The van der Waals surface area contributed by atoms with Crippen LogP contribution in [0.2, 0.25) is 0 Å². The maximum absolute atomic E-state index is 11.8. The van der Waals surface area contributed by atoms with Gasteiger partial charge in [0.25, 0.3) is 0 Å². The molecule has 0 atom stereocenters. The van der Waals surface area contributed by atoms with Crippen molar-refractivity contribution in [2.24, 2.45) is 0 Å². The standard InChI is InChI=1S/C28H56N2O3.H2O4S/c1-3-5-7-9-11-13-15-17-19-21-23-25-27(31)29-33-30-28(32)26-24-22-20-18-16-14-12-10-8-6-4-2;1-5(2,3)4/h3-26H2,1-2H3,(H,29,31)(H,30,32);(H2,1,2,3,4). The highest BCUT2D eigenvalue weighted by atomic mass is 32.3. The number of unbranched alkanes of at least 4 members (excludes halogenated alkanes) is 20. The first-order valence-corrected chi connectivity index (χ1v) is 16.5. The molecule has 9 nitrogen and oxygen atoms in total. The lowest BCUT2D eigenvalue weighted by Gasteiger charge is -2.07. The molecule has 0 spiro atoms. The zero-order chi connectivity index (χ0) is 28.7. The van der Waals surface area contributed by atoms with Gasteiger partial charge in [0.05, 0.1) is 0 Å². The number of carbonyl (C=O) groups is 2. The summed E-state index contributed by atoms with van der Waals surface area (Å²) in [5.74, 6) is -0.332. The fourth-order valence-corrected chi connectivity index (χ4v) is 4.14. The van der Waals surface area contributed by atoms with Gasteiger partial charge in [0.2, 0.25) is 11.8 Å². The smallest absolute Gasteiger partial charge is 0.273 e. The van der Waals surface area contributed by atoms with Gasteiger partial charge in [0, 0.05) is 12.8 Å². The quantitative estimate of drug-likeness (QED) is 0.0475. The minimum atomic E-state index is -4.67. The van der Waals surface area contributed by atoms with Crippen LogP contribution < -0.4 is 11.0 Å². The van der Waals surface area contributed by atoms with Crippen molar-refractivity contribution in [1.29, 1.82) is 0 Å². The maximum atomic E-state index is 11.8. The Hall–Kier alpha value is -1.23. The molecule has 0 saturated heterocycles. The molecular weight excluding hydrogens is 508 g/mol. The first-order chi connectivity index (χ1) is 18.2. The van der Waals surface area contributed by atoms with Crippen LogP contribution in [0.25, 0.3) is 0 Å². The van der Waals surface area contributed by atoms with Gasteiger partial charge in [-0.3, -0.25) is 18.7 Å². The van der Waals surface area contributed by atoms with Gasteiger partial charge in [-0.05, 0) is 12.8 Å². The van der Waals surface area contributed by atoms with E-state index in [1.165, 1.54) is 116 Å². The van der Waals surface area contributed by atoms with Crippen LogP contribution in [0.5, 0.6) is 0 Å². The summed E-state index contributed by atoms with van der Waals surface area (Å²) >= 11 is 0. The van der Waals surface area contributed by atoms with Gasteiger partial charge < -0.3 is 0 Å². The summed E-state index contributed by atoms with van der Waals surface area (Å²) in [6, 6.07) is 0. The number of hydrogen-bond donors (Lipinski definition) is 4. The van der Waals surface area contributed by atoms with Crippen molar-refractivity contribution in [2.45, 2.75) is 168 Å². The van der Waals surface area contributed by atoms with Gasteiger partial charge in [-0.2, -0.15) is 13.4 Å². The molecule has 0 aromatic rings. The summed E-state index contributed by atoms with van der Waals surface area (Å²) in [5, 5.41) is 0. The maximum Gasteiger partial charge on any atom is 0.394 e. The third-order valence-corrected chi connectivity index (χ3v) is 6.34. The van der Waals surface area contributed by atoms with Crippen LogP contribution in [0, 0.1) is 0 Å². The molecule has 10 heteroatoms. The number of amides is 2. The van der Waals surface area contributed by atoms with Crippen LogP contribution in [0.4, 0.5) is 0 Å². The molecule has 228 valence electrons. The summed E-state index contributed by atoms with van der Waals surface area (Å²) in [6.45, 7) is 4.51. The van der Waals surface area contributed by atoms with Crippen molar-refractivity contribution < 1.29 is 32.1 Å². The van der Waals surface area contributed by atoms with E-state index in [4.69, 9.17) is 22.5 Å². The lowest BCUT2D eigenvalue weighted by Crippen LogP contribution is -2.34. The fraction of sp³-hybridized carbons (Fsp3) is 0.929. The summed E-state index contributed by atoms with van der Waals surface area (Å²) in [6.07, 6.45) is 28.6. The van der Waals surface area contributed by atoms with Crippen LogP contribution >= 0.6 is 0 Å². The Balaban J connectivity index is 0. The fourth-order valence-electron chi connectivity index (χ4n) is 4.14. The molecule has 0 bridgehead atoms. The van der Waals surface area contributed by atoms with E-state index >= 15 is 0 Å². The van der Waals surface area contributed by atoms with Gasteiger partial charge in [-0.15, -0.1) is 0 Å². The predicted octanol–water partition coefficient (Wildman–Crippen LogP) is 7.81. The number of rotatable bonds is 26. The number of nitrogens with one attached hydrogen (secondary N) is 2. The molecule has 0 aromatic carbocycles. The first-order valence-electron chi connectivity index (χ1n) is 15.1. The molecule has 0 unspecified atom stereocenters. The number of carbonyl (C=O) groups excluding carboxylic acids is 2. The van der Waals surface area contributed by atoms with Crippen LogP contribution in [-0.4, -0.2) is 29.3 Å². The molecular formula is C28H58N2O7S. The van der Waals surface area contributed by atoms with E-state index in [9.17, 15) is 9.59 Å². The normalized spacial score (nSPS) is 11.1. The molecule has 0 aliphatic heterocycles. The molecule has 0 saturated carbocycles. The molecule has 0 heterocycles. The van der Waals surface area contributed by atoms with Crippen molar-refractivity contribution in [2.75, 3.05) is 0 Å². The zero-order valence-electron chi connectivity index (χ0n) is 24.3. The van der Waals surface area contributed by atoms with E-state index in [0.29, 0.717) is 12.8 Å². The van der Waals surface area contributed by atoms with Crippen molar-refractivity contribution in [3.05, 3.63) is 0 Å². The molecule has 0 fully saturated rings. The lowest BCUT2D eigenvalue weighted by atomic mass is 10.1. The van der Waals surface area contributed by atoms with E-state index in [2.05, 4.69) is 24.8 Å². The van der Waals surface area contributed by atoms with E-state index in [0.717, 1.165) is 25.7 Å². The Labute approximate surface area is 233 Å². The molecule has 0 rings (SSSR count). The average molecular weight is 567 g/mol. The van der Waals surface area contributed by atoms with Crippen molar-refractivity contribution in [3.8, 4) is 0 Å². The number of hydroxylamine groups is 2. The monoisotopic (exact) mass is 566 g/mol. The summed E-state index contributed by atoms with van der Waals surface area (Å²) < 4.78 is 31.6. The molecule has 2 amide bonds. The second kappa shape index (κ2) is 30.3. The average Bonchev–Trinajstić information content (AvgIpc) is 2.85. The molecule has 38 heavy (non-hydrogen) atoms. The Morgan fingerprint density at radius 1 is 0.500 bits per heavy atom. The van der Waals surface area contributed by atoms with E-state index < -0.39 is 10.4 Å². The van der Waals surface area contributed by atoms with Gasteiger partial charge >= 0.3 is 10.4 Å². The largest absolute Gasteiger partial charge is 0.394 e. The van der Waals surface area contributed by atoms with Crippen LogP contribution in [0.1, 0.15) is 168 Å². The molecule has 4 N–H and O–H groups in total. The summed E-state index contributed by atoms with van der Waals surface area (Å²) in [7, 11) is -4.67. The highest BCUT2D eigenvalue weighted by Crippen LogP contribution is 2.13. The van der Waals surface area contributed by atoms with Gasteiger partial charge in [0.1, 0.15) is 0 Å². The summed E-state index contributed by atoms with van der Waals surface area (Å²) in [4.78, 5) is 28.4. The Morgan fingerprint density at radius 2 is 0.711 bits per heavy atom. The van der Waals surface area contributed by atoms with Gasteiger partial charge in [-0.1, -0.05) is 142 Å². The van der Waals surface area contributed by atoms with Crippen molar-refractivity contribution in [3.63, 3.8) is 0 Å². The third kappa shape index (κ3) is 41.9. The van der Waals surface area contributed by atoms with Crippen molar-refractivity contribution in [1.82, 2.24) is 11.0 Å². The topological polar surface area (TPSA) is 142 Å². The van der Waals surface area contributed by atoms with Crippen molar-refractivity contribution >= 4 is 22.2 Å². The third-order valence-electron chi connectivity index (χ3n) is 6.34. The highest BCUT2D eigenvalue weighted by Gasteiger charge is 2.04. The van der Waals surface area contributed by atoms with Gasteiger partial charge in [0.15, 0.2) is 0 Å². The second-order valence-corrected chi connectivity index (χ2v) is 11.1.